The number of benzene rings is 1. The van der Waals surface area contributed by atoms with Crippen molar-refractivity contribution in [1.29, 1.82) is 0 Å². The topological polar surface area (TPSA) is 38.5 Å². The Balaban J connectivity index is 2.30. The summed E-state index contributed by atoms with van der Waals surface area (Å²) in [6, 6.07) is 5.19. The average Bonchev–Trinajstić information content (AvgIpc) is 2.36. The summed E-state index contributed by atoms with van der Waals surface area (Å²) in [5.74, 6) is -0.249. The largest absolute Gasteiger partial charge is 0.378 e. The van der Waals surface area contributed by atoms with Crippen molar-refractivity contribution in [3.05, 3.63) is 34.1 Å². The number of nitrogens with zero attached hydrogens (tertiary/aromatic N) is 1. The number of halogens is 2. The summed E-state index contributed by atoms with van der Waals surface area (Å²) in [5.41, 5.74) is 6.92. The van der Waals surface area contributed by atoms with E-state index < -0.39 is 0 Å². The van der Waals surface area contributed by atoms with Crippen LogP contribution in [-0.4, -0.2) is 36.7 Å². The Morgan fingerprint density at radius 3 is 2.84 bits per heavy atom. The van der Waals surface area contributed by atoms with Gasteiger partial charge in [-0.15, -0.1) is 0 Å². The van der Waals surface area contributed by atoms with Gasteiger partial charge in [-0.25, -0.2) is 4.39 Å². The highest BCUT2D eigenvalue weighted by molar-refractivity contribution is 9.10. The van der Waals surface area contributed by atoms with Crippen LogP contribution in [0.2, 0.25) is 0 Å². The molecule has 19 heavy (non-hydrogen) atoms. The molecule has 106 valence electrons. The molecule has 1 aromatic rings. The van der Waals surface area contributed by atoms with E-state index in [1.165, 1.54) is 6.07 Å². The predicted octanol–water partition coefficient (Wildman–Crippen LogP) is 2.70. The number of ether oxygens (including phenoxy) is 1. The minimum absolute atomic E-state index is 0.0663. The van der Waals surface area contributed by atoms with Gasteiger partial charge >= 0.3 is 0 Å². The summed E-state index contributed by atoms with van der Waals surface area (Å²) < 4.78 is 19.4. The first-order valence-corrected chi connectivity index (χ1v) is 7.24. The lowest BCUT2D eigenvalue weighted by Crippen LogP contribution is -2.55. The molecule has 1 aliphatic heterocycles. The molecular weight excluding hydrogens is 311 g/mol. The molecule has 1 fully saturated rings. The van der Waals surface area contributed by atoms with Gasteiger partial charge in [0.1, 0.15) is 5.82 Å². The third kappa shape index (κ3) is 3.16. The van der Waals surface area contributed by atoms with Crippen LogP contribution in [0.5, 0.6) is 0 Å². The monoisotopic (exact) mass is 330 g/mol. The van der Waals surface area contributed by atoms with Crippen LogP contribution in [0.3, 0.4) is 0 Å². The molecule has 3 nitrogen and oxygen atoms in total. The van der Waals surface area contributed by atoms with Gasteiger partial charge in [-0.1, -0.05) is 6.07 Å². The van der Waals surface area contributed by atoms with Crippen LogP contribution in [-0.2, 0) is 4.74 Å². The van der Waals surface area contributed by atoms with E-state index in [0.717, 1.165) is 12.1 Å². The minimum atomic E-state index is -0.249. The zero-order valence-electron chi connectivity index (χ0n) is 11.3. The molecule has 1 saturated heterocycles. The molecule has 1 unspecified atom stereocenters. The summed E-state index contributed by atoms with van der Waals surface area (Å²) in [4.78, 5) is 2.34. The fourth-order valence-electron chi connectivity index (χ4n) is 2.61. The first-order valence-electron chi connectivity index (χ1n) is 6.45. The summed E-state index contributed by atoms with van der Waals surface area (Å²) in [5, 5.41) is 0. The maximum atomic E-state index is 13.3. The van der Waals surface area contributed by atoms with Gasteiger partial charge in [0.25, 0.3) is 0 Å². The second-order valence-corrected chi connectivity index (χ2v) is 6.34. The molecule has 5 heteroatoms. The van der Waals surface area contributed by atoms with Crippen LogP contribution in [0, 0.1) is 5.82 Å². The highest BCUT2D eigenvalue weighted by Gasteiger charge is 2.35. The summed E-state index contributed by atoms with van der Waals surface area (Å²) >= 11 is 3.24. The second-order valence-electron chi connectivity index (χ2n) is 5.48. The number of hydrogen-bond donors (Lipinski definition) is 1. The van der Waals surface area contributed by atoms with Gasteiger partial charge in [0, 0.05) is 24.7 Å². The van der Waals surface area contributed by atoms with Crippen LogP contribution in [0.1, 0.15) is 25.5 Å². The Morgan fingerprint density at radius 2 is 2.26 bits per heavy atom. The number of nitrogens with two attached hydrogens (primary N) is 1. The van der Waals surface area contributed by atoms with Crippen molar-refractivity contribution in [2.24, 2.45) is 5.73 Å². The smallest absolute Gasteiger partial charge is 0.137 e. The van der Waals surface area contributed by atoms with E-state index in [1.807, 2.05) is 12.1 Å². The average molecular weight is 331 g/mol. The van der Waals surface area contributed by atoms with Crippen molar-refractivity contribution < 1.29 is 9.13 Å². The van der Waals surface area contributed by atoms with Gasteiger partial charge in [0.2, 0.25) is 0 Å². The Kier molecular flexibility index (Phi) is 4.61. The molecule has 1 atom stereocenters. The normalized spacial score (nSPS) is 21.3. The third-order valence-corrected chi connectivity index (χ3v) is 4.24. The summed E-state index contributed by atoms with van der Waals surface area (Å²) in [7, 11) is 0. The fraction of sp³-hybridized carbons (Fsp3) is 0.571. The first-order chi connectivity index (χ1) is 8.95. The van der Waals surface area contributed by atoms with Crippen molar-refractivity contribution in [1.82, 2.24) is 4.90 Å². The van der Waals surface area contributed by atoms with E-state index in [2.05, 4.69) is 34.7 Å². The van der Waals surface area contributed by atoms with Crippen molar-refractivity contribution in [2.45, 2.75) is 25.4 Å². The quantitative estimate of drug-likeness (QED) is 0.926. The van der Waals surface area contributed by atoms with Crippen molar-refractivity contribution >= 4 is 15.9 Å². The highest BCUT2D eigenvalue weighted by Crippen LogP contribution is 2.31. The molecule has 2 N–H and O–H groups in total. The zero-order valence-corrected chi connectivity index (χ0v) is 12.9. The zero-order chi connectivity index (χ0) is 14.0. The standard InChI is InChI=1S/C14H20BrFN2O/c1-14(2)9-19-6-5-18(14)13(8-17)10-3-4-12(16)11(15)7-10/h3-4,7,13H,5-6,8-9,17H2,1-2H3. The molecule has 2 rings (SSSR count). The molecule has 0 aromatic heterocycles. The van der Waals surface area contributed by atoms with Crippen LogP contribution in [0.4, 0.5) is 4.39 Å². The highest BCUT2D eigenvalue weighted by atomic mass is 79.9. The molecule has 0 spiro atoms. The van der Waals surface area contributed by atoms with Gasteiger partial charge in [-0.3, -0.25) is 4.90 Å². The van der Waals surface area contributed by atoms with Crippen LogP contribution < -0.4 is 5.73 Å². The lowest BCUT2D eigenvalue weighted by molar-refractivity contribution is -0.0712. The molecule has 1 aromatic carbocycles. The minimum Gasteiger partial charge on any atom is -0.378 e. The lowest BCUT2D eigenvalue weighted by atomic mass is 9.95. The van der Waals surface area contributed by atoms with Crippen molar-refractivity contribution in [3.8, 4) is 0 Å². The Labute approximate surface area is 122 Å². The second kappa shape index (κ2) is 5.87. The van der Waals surface area contributed by atoms with Crippen LogP contribution in [0.25, 0.3) is 0 Å². The Morgan fingerprint density at radius 1 is 1.53 bits per heavy atom. The number of rotatable bonds is 3. The van der Waals surface area contributed by atoms with Gasteiger partial charge < -0.3 is 10.5 Å². The summed E-state index contributed by atoms with van der Waals surface area (Å²) in [6.45, 7) is 7.03. The SMILES string of the molecule is CC1(C)COCCN1C(CN)c1ccc(F)c(Br)c1. The van der Waals surface area contributed by atoms with E-state index in [0.29, 0.717) is 24.2 Å². The Hall–Kier alpha value is -0.490. The van der Waals surface area contributed by atoms with Gasteiger partial charge in [-0.2, -0.15) is 0 Å². The lowest BCUT2D eigenvalue weighted by Gasteiger charge is -2.46. The maximum Gasteiger partial charge on any atom is 0.137 e. The van der Waals surface area contributed by atoms with Gasteiger partial charge in [-0.05, 0) is 47.5 Å². The third-order valence-electron chi connectivity index (χ3n) is 3.64. The van der Waals surface area contributed by atoms with E-state index in [1.54, 1.807) is 0 Å². The van der Waals surface area contributed by atoms with E-state index in [-0.39, 0.29) is 17.4 Å². The van der Waals surface area contributed by atoms with Gasteiger partial charge in [0.05, 0.1) is 17.7 Å². The number of hydrogen-bond acceptors (Lipinski definition) is 3. The van der Waals surface area contributed by atoms with Crippen molar-refractivity contribution in [2.75, 3.05) is 26.3 Å². The fourth-order valence-corrected chi connectivity index (χ4v) is 3.01. The van der Waals surface area contributed by atoms with Crippen LogP contribution in [0.15, 0.2) is 22.7 Å². The predicted molar refractivity (Wildman–Crippen MR) is 77.5 cm³/mol. The molecule has 1 heterocycles. The first kappa shape index (κ1) is 14.9. The Bertz CT molecular complexity index is 453. The summed E-state index contributed by atoms with van der Waals surface area (Å²) in [6.07, 6.45) is 0. The number of morpholine rings is 1. The van der Waals surface area contributed by atoms with Crippen LogP contribution >= 0.6 is 15.9 Å². The maximum absolute atomic E-state index is 13.3. The molecule has 0 bridgehead atoms. The van der Waals surface area contributed by atoms with Crippen molar-refractivity contribution in [3.63, 3.8) is 0 Å². The molecule has 0 aliphatic carbocycles. The van der Waals surface area contributed by atoms with E-state index >= 15 is 0 Å². The van der Waals surface area contributed by atoms with E-state index in [9.17, 15) is 4.39 Å². The molecule has 0 radical (unpaired) electrons. The molecular formula is C14H20BrFN2O. The van der Waals surface area contributed by atoms with Gasteiger partial charge in [0.15, 0.2) is 0 Å². The molecule has 0 amide bonds. The van der Waals surface area contributed by atoms with E-state index in [4.69, 9.17) is 10.5 Å². The molecule has 1 aliphatic rings. The molecule has 0 saturated carbocycles.